The number of aryl methyl sites for hydroxylation is 4. The van der Waals surface area contributed by atoms with Crippen LogP contribution in [0.3, 0.4) is 0 Å². The Kier molecular flexibility index (Phi) is 4.40. The number of carbonyl (C=O) groups is 1. The molecule has 0 aliphatic heterocycles. The molecule has 2 aromatic rings. The first-order valence-corrected chi connectivity index (χ1v) is 7.12. The minimum atomic E-state index is 0.0386. The van der Waals surface area contributed by atoms with E-state index in [4.69, 9.17) is 0 Å². The van der Waals surface area contributed by atoms with Gasteiger partial charge in [0.15, 0.2) is 5.65 Å². The Morgan fingerprint density at radius 2 is 2.05 bits per heavy atom. The average Bonchev–Trinajstić information content (AvgIpc) is 2.71. The van der Waals surface area contributed by atoms with Crippen LogP contribution in [0.2, 0.25) is 0 Å². The molecule has 1 amide bonds. The lowest BCUT2D eigenvalue weighted by molar-refractivity contribution is -0.120. The van der Waals surface area contributed by atoms with Crippen LogP contribution >= 0.6 is 0 Å². The maximum Gasteiger partial charge on any atom is 0.220 e. The number of nitrogens with zero attached hydrogens (tertiary/aromatic N) is 3. The van der Waals surface area contributed by atoms with Gasteiger partial charge in [0, 0.05) is 31.1 Å². The molecule has 5 heteroatoms. The fourth-order valence-electron chi connectivity index (χ4n) is 2.74. The summed E-state index contributed by atoms with van der Waals surface area (Å²) in [6.07, 6.45) is 2.83. The molecule has 0 unspecified atom stereocenters. The Labute approximate surface area is 125 Å². The van der Waals surface area contributed by atoms with Crippen LogP contribution in [0.1, 0.15) is 28.9 Å². The SMILES string of the molecule is C=CCNC(=O)CCc1c(C)nc2c(c(C)nn2C)c1C. The second kappa shape index (κ2) is 6.08. The summed E-state index contributed by atoms with van der Waals surface area (Å²) < 4.78 is 1.81. The first kappa shape index (κ1) is 15.2. The van der Waals surface area contributed by atoms with Crippen molar-refractivity contribution in [3.63, 3.8) is 0 Å². The minimum absolute atomic E-state index is 0.0386. The van der Waals surface area contributed by atoms with E-state index in [0.717, 1.165) is 28.0 Å². The van der Waals surface area contributed by atoms with Gasteiger partial charge in [-0.1, -0.05) is 6.08 Å². The van der Waals surface area contributed by atoms with Gasteiger partial charge in [-0.15, -0.1) is 6.58 Å². The molecule has 0 aromatic carbocycles. The van der Waals surface area contributed by atoms with E-state index < -0.39 is 0 Å². The zero-order valence-corrected chi connectivity index (χ0v) is 13.2. The third kappa shape index (κ3) is 2.96. The van der Waals surface area contributed by atoms with Gasteiger partial charge in [0.25, 0.3) is 0 Å². The maximum atomic E-state index is 11.7. The normalized spacial score (nSPS) is 10.9. The first-order chi connectivity index (χ1) is 9.95. The number of hydrogen-bond acceptors (Lipinski definition) is 3. The van der Waals surface area contributed by atoms with Crippen molar-refractivity contribution >= 4 is 16.9 Å². The van der Waals surface area contributed by atoms with Crippen molar-refractivity contribution in [3.05, 3.63) is 35.2 Å². The zero-order valence-electron chi connectivity index (χ0n) is 13.2. The van der Waals surface area contributed by atoms with Crippen LogP contribution in [0.4, 0.5) is 0 Å². The predicted molar refractivity (Wildman–Crippen MR) is 84.2 cm³/mol. The molecule has 0 aliphatic rings. The molecule has 0 atom stereocenters. The third-order valence-corrected chi connectivity index (χ3v) is 3.78. The smallest absolute Gasteiger partial charge is 0.220 e. The van der Waals surface area contributed by atoms with Crippen molar-refractivity contribution in [1.82, 2.24) is 20.1 Å². The van der Waals surface area contributed by atoms with Crippen LogP contribution < -0.4 is 5.32 Å². The van der Waals surface area contributed by atoms with Crippen molar-refractivity contribution in [3.8, 4) is 0 Å². The Hall–Kier alpha value is -2.17. The highest BCUT2D eigenvalue weighted by Crippen LogP contribution is 2.25. The van der Waals surface area contributed by atoms with Gasteiger partial charge < -0.3 is 5.32 Å². The van der Waals surface area contributed by atoms with E-state index in [0.29, 0.717) is 19.4 Å². The summed E-state index contributed by atoms with van der Waals surface area (Å²) >= 11 is 0. The molecule has 0 bridgehead atoms. The lowest BCUT2D eigenvalue weighted by atomic mass is 9.99. The molecule has 0 saturated carbocycles. The molecule has 1 N–H and O–H groups in total. The Balaban J connectivity index is 2.30. The van der Waals surface area contributed by atoms with Crippen LogP contribution in [0, 0.1) is 20.8 Å². The fraction of sp³-hybridized carbons (Fsp3) is 0.438. The van der Waals surface area contributed by atoms with E-state index in [-0.39, 0.29) is 5.91 Å². The highest BCUT2D eigenvalue weighted by molar-refractivity contribution is 5.84. The maximum absolute atomic E-state index is 11.7. The van der Waals surface area contributed by atoms with E-state index >= 15 is 0 Å². The number of pyridine rings is 1. The quantitative estimate of drug-likeness (QED) is 0.857. The van der Waals surface area contributed by atoms with Crippen LogP contribution in [-0.4, -0.2) is 27.2 Å². The lowest BCUT2D eigenvalue weighted by Crippen LogP contribution is -2.23. The summed E-state index contributed by atoms with van der Waals surface area (Å²) in [5.74, 6) is 0.0386. The highest BCUT2D eigenvalue weighted by Gasteiger charge is 2.15. The van der Waals surface area contributed by atoms with Crippen molar-refractivity contribution in [2.75, 3.05) is 6.54 Å². The van der Waals surface area contributed by atoms with Crippen LogP contribution in [0.5, 0.6) is 0 Å². The molecule has 2 heterocycles. The predicted octanol–water partition coefficient (Wildman–Crippen LogP) is 2.13. The number of nitrogens with one attached hydrogen (secondary N) is 1. The topological polar surface area (TPSA) is 59.8 Å². The summed E-state index contributed by atoms with van der Waals surface area (Å²) in [5, 5.41) is 8.33. The second-order valence-corrected chi connectivity index (χ2v) is 5.30. The van der Waals surface area contributed by atoms with Crippen LogP contribution in [0.15, 0.2) is 12.7 Å². The van der Waals surface area contributed by atoms with Gasteiger partial charge in [-0.2, -0.15) is 5.10 Å². The lowest BCUT2D eigenvalue weighted by Gasteiger charge is -2.11. The van der Waals surface area contributed by atoms with Crippen molar-refractivity contribution < 1.29 is 4.79 Å². The summed E-state index contributed by atoms with van der Waals surface area (Å²) in [4.78, 5) is 16.4. The Morgan fingerprint density at radius 1 is 1.33 bits per heavy atom. The van der Waals surface area contributed by atoms with E-state index in [9.17, 15) is 4.79 Å². The first-order valence-electron chi connectivity index (χ1n) is 7.12. The summed E-state index contributed by atoms with van der Waals surface area (Å²) in [7, 11) is 1.91. The van der Waals surface area contributed by atoms with E-state index in [1.165, 1.54) is 5.56 Å². The molecule has 0 saturated heterocycles. The third-order valence-electron chi connectivity index (χ3n) is 3.78. The average molecular weight is 286 g/mol. The standard InChI is InChI=1S/C16H22N4O/c1-6-9-17-14(21)8-7-13-10(2)15-12(4)19-20(5)16(15)18-11(13)3/h6H,1,7-9H2,2-5H3,(H,17,21). The number of rotatable bonds is 5. The molecular formula is C16H22N4O. The van der Waals surface area contributed by atoms with Crippen molar-refractivity contribution in [1.29, 1.82) is 0 Å². The van der Waals surface area contributed by atoms with E-state index in [1.54, 1.807) is 6.08 Å². The fourth-order valence-corrected chi connectivity index (χ4v) is 2.74. The van der Waals surface area contributed by atoms with Gasteiger partial charge in [0.2, 0.25) is 5.91 Å². The molecular weight excluding hydrogens is 264 g/mol. The van der Waals surface area contributed by atoms with E-state index in [2.05, 4.69) is 28.9 Å². The summed E-state index contributed by atoms with van der Waals surface area (Å²) in [5.41, 5.74) is 5.18. The summed E-state index contributed by atoms with van der Waals surface area (Å²) in [6.45, 7) is 10.2. The monoisotopic (exact) mass is 286 g/mol. The van der Waals surface area contributed by atoms with Gasteiger partial charge in [-0.25, -0.2) is 4.98 Å². The van der Waals surface area contributed by atoms with Gasteiger partial charge >= 0.3 is 0 Å². The molecule has 0 radical (unpaired) electrons. The largest absolute Gasteiger partial charge is 0.353 e. The molecule has 2 rings (SSSR count). The number of fused-ring (bicyclic) bond motifs is 1. The van der Waals surface area contributed by atoms with E-state index in [1.807, 2.05) is 25.6 Å². The van der Waals surface area contributed by atoms with Crippen molar-refractivity contribution in [2.24, 2.45) is 7.05 Å². The van der Waals surface area contributed by atoms with Gasteiger partial charge in [-0.05, 0) is 38.3 Å². The Bertz CT molecular complexity index is 700. The van der Waals surface area contributed by atoms with Crippen LogP contribution in [-0.2, 0) is 18.3 Å². The molecule has 0 aliphatic carbocycles. The molecule has 0 spiro atoms. The number of aromatic nitrogens is 3. The molecule has 21 heavy (non-hydrogen) atoms. The minimum Gasteiger partial charge on any atom is -0.353 e. The molecule has 0 fully saturated rings. The highest BCUT2D eigenvalue weighted by atomic mass is 16.1. The Morgan fingerprint density at radius 3 is 2.71 bits per heavy atom. The number of hydrogen-bond donors (Lipinski definition) is 1. The zero-order chi connectivity index (χ0) is 15.6. The second-order valence-electron chi connectivity index (χ2n) is 5.30. The van der Waals surface area contributed by atoms with Crippen LogP contribution in [0.25, 0.3) is 11.0 Å². The van der Waals surface area contributed by atoms with Gasteiger partial charge in [-0.3, -0.25) is 9.48 Å². The number of amides is 1. The molecule has 112 valence electrons. The summed E-state index contributed by atoms with van der Waals surface area (Å²) in [6, 6.07) is 0. The van der Waals surface area contributed by atoms with Crippen molar-refractivity contribution in [2.45, 2.75) is 33.6 Å². The van der Waals surface area contributed by atoms with Gasteiger partial charge in [0.1, 0.15) is 0 Å². The molecule has 5 nitrogen and oxygen atoms in total. The number of carbonyl (C=O) groups excluding carboxylic acids is 1. The molecule has 2 aromatic heterocycles. The van der Waals surface area contributed by atoms with Gasteiger partial charge in [0.05, 0.1) is 5.69 Å².